The molecule has 8 nitrogen and oxygen atoms in total. The third-order valence-electron chi connectivity index (χ3n) is 8.37. The third-order valence-corrected chi connectivity index (χ3v) is 8.68. The van der Waals surface area contributed by atoms with Gasteiger partial charge in [-0.15, -0.1) is 0 Å². The fourth-order valence-corrected chi connectivity index (χ4v) is 6.83. The van der Waals surface area contributed by atoms with Crippen molar-refractivity contribution in [2.75, 3.05) is 25.5 Å². The van der Waals surface area contributed by atoms with Gasteiger partial charge in [-0.05, 0) is 50.7 Å². The lowest BCUT2D eigenvalue weighted by molar-refractivity contribution is -0.146. The van der Waals surface area contributed by atoms with Crippen LogP contribution in [0.3, 0.4) is 0 Å². The SMILES string of the molecule is CNC(=O)[C@@H]1[C@H]2C(=O)N(CCCCCCO)C(C(=O)Nc3c(C)cccc3Cl)C23CC(C)[C@@]1(C)O3. The van der Waals surface area contributed by atoms with E-state index in [1.54, 1.807) is 18.0 Å². The van der Waals surface area contributed by atoms with Gasteiger partial charge in [-0.2, -0.15) is 0 Å². The summed E-state index contributed by atoms with van der Waals surface area (Å²) in [5.41, 5.74) is -0.566. The Morgan fingerprint density at radius 3 is 2.60 bits per heavy atom. The summed E-state index contributed by atoms with van der Waals surface area (Å²) in [6.07, 6.45) is 3.59. The van der Waals surface area contributed by atoms with Gasteiger partial charge in [0.15, 0.2) is 0 Å². The lowest BCUT2D eigenvalue weighted by Crippen LogP contribution is -2.54. The lowest BCUT2D eigenvalue weighted by Gasteiger charge is -2.36. The van der Waals surface area contributed by atoms with E-state index in [0.717, 1.165) is 18.4 Å². The van der Waals surface area contributed by atoms with Crippen molar-refractivity contribution < 1.29 is 24.2 Å². The molecule has 3 aliphatic rings. The maximum Gasteiger partial charge on any atom is 0.250 e. The number of anilines is 1. The molecule has 3 aliphatic heterocycles. The molecule has 192 valence electrons. The molecule has 2 bridgehead atoms. The Hall–Kier alpha value is -2.16. The van der Waals surface area contributed by atoms with Gasteiger partial charge in [-0.3, -0.25) is 14.4 Å². The number of aliphatic hydroxyl groups is 1. The van der Waals surface area contributed by atoms with Gasteiger partial charge in [0, 0.05) is 20.2 Å². The smallest absolute Gasteiger partial charge is 0.250 e. The summed E-state index contributed by atoms with van der Waals surface area (Å²) in [5, 5.41) is 15.2. The van der Waals surface area contributed by atoms with E-state index in [9.17, 15) is 14.4 Å². The third kappa shape index (κ3) is 4.03. The molecule has 3 saturated heterocycles. The van der Waals surface area contributed by atoms with Gasteiger partial charge in [0.25, 0.3) is 0 Å². The molecule has 4 rings (SSSR count). The molecule has 1 spiro atoms. The number of hydrogen-bond donors (Lipinski definition) is 3. The number of likely N-dealkylation sites (tertiary alicyclic amines) is 1. The van der Waals surface area contributed by atoms with Crippen LogP contribution in [-0.2, 0) is 19.1 Å². The lowest BCUT2D eigenvalue weighted by atomic mass is 9.62. The first-order valence-corrected chi connectivity index (χ1v) is 12.9. The standard InChI is InChI=1S/C26H36ClN3O5/c1-15-10-9-11-17(27)20(15)29-23(33)21-26-14-16(2)25(3,35-26)18(22(32)28-4)19(26)24(34)30(21)12-7-5-6-8-13-31/h9-11,16,18-19,21,31H,5-8,12-14H2,1-4H3,(H,28,32)(H,29,33)/t16?,18-,19-,21?,25+,26?/m0/s1. The Labute approximate surface area is 211 Å². The monoisotopic (exact) mass is 505 g/mol. The van der Waals surface area contributed by atoms with Crippen LogP contribution >= 0.6 is 11.6 Å². The van der Waals surface area contributed by atoms with Crippen molar-refractivity contribution in [3.05, 3.63) is 28.8 Å². The molecule has 3 heterocycles. The Morgan fingerprint density at radius 2 is 1.94 bits per heavy atom. The van der Waals surface area contributed by atoms with Gasteiger partial charge < -0.3 is 25.4 Å². The summed E-state index contributed by atoms with van der Waals surface area (Å²) in [7, 11) is 1.57. The molecular weight excluding hydrogens is 470 g/mol. The number of halogens is 1. The number of ether oxygens (including phenoxy) is 1. The molecule has 3 amide bonds. The Kier molecular flexibility index (Phi) is 7.19. The van der Waals surface area contributed by atoms with Gasteiger partial charge in [-0.1, -0.05) is 43.5 Å². The van der Waals surface area contributed by atoms with Crippen LogP contribution in [0.1, 0.15) is 51.5 Å². The fourth-order valence-electron chi connectivity index (χ4n) is 6.56. The maximum absolute atomic E-state index is 13.9. The summed E-state index contributed by atoms with van der Waals surface area (Å²) >= 11 is 6.39. The summed E-state index contributed by atoms with van der Waals surface area (Å²) in [6.45, 7) is 6.30. The summed E-state index contributed by atoms with van der Waals surface area (Å²) in [5.74, 6) is -2.17. The normalized spacial score (nSPS) is 33.2. The van der Waals surface area contributed by atoms with E-state index in [2.05, 4.69) is 10.6 Å². The van der Waals surface area contributed by atoms with Gasteiger partial charge in [0.1, 0.15) is 11.6 Å². The van der Waals surface area contributed by atoms with Crippen LogP contribution < -0.4 is 10.6 Å². The van der Waals surface area contributed by atoms with Crippen LogP contribution in [0.4, 0.5) is 5.69 Å². The molecule has 3 fully saturated rings. The minimum Gasteiger partial charge on any atom is -0.396 e. The molecule has 35 heavy (non-hydrogen) atoms. The molecule has 0 aliphatic carbocycles. The average Bonchev–Trinajstić information content (AvgIpc) is 3.32. The first-order chi connectivity index (χ1) is 16.6. The zero-order valence-corrected chi connectivity index (χ0v) is 21.7. The second kappa shape index (κ2) is 9.71. The number of carbonyl (C=O) groups excluding carboxylic acids is 3. The predicted octanol–water partition coefficient (Wildman–Crippen LogP) is 2.90. The molecule has 6 atom stereocenters. The van der Waals surface area contributed by atoms with Crippen molar-refractivity contribution in [3.8, 4) is 0 Å². The molecule has 0 saturated carbocycles. The van der Waals surface area contributed by atoms with E-state index in [1.165, 1.54) is 0 Å². The van der Waals surface area contributed by atoms with Crippen LogP contribution in [0.5, 0.6) is 0 Å². The van der Waals surface area contributed by atoms with E-state index in [1.807, 2.05) is 32.9 Å². The van der Waals surface area contributed by atoms with Crippen molar-refractivity contribution >= 4 is 35.0 Å². The van der Waals surface area contributed by atoms with Gasteiger partial charge >= 0.3 is 0 Å². The number of carbonyl (C=O) groups is 3. The first-order valence-electron chi connectivity index (χ1n) is 12.5. The van der Waals surface area contributed by atoms with Gasteiger partial charge in [0.05, 0.1) is 28.1 Å². The van der Waals surface area contributed by atoms with Crippen LogP contribution in [0.25, 0.3) is 0 Å². The molecule has 1 aromatic rings. The molecule has 3 unspecified atom stereocenters. The number of nitrogens with zero attached hydrogens (tertiary/aromatic N) is 1. The number of aliphatic hydroxyl groups excluding tert-OH is 1. The molecular formula is C26H36ClN3O5. The highest BCUT2D eigenvalue weighted by molar-refractivity contribution is 6.34. The number of fused-ring (bicyclic) bond motifs is 1. The average molecular weight is 506 g/mol. The van der Waals surface area contributed by atoms with Crippen LogP contribution in [0, 0.1) is 24.7 Å². The topological polar surface area (TPSA) is 108 Å². The molecule has 0 radical (unpaired) electrons. The maximum atomic E-state index is 13.9. The number of amides is 3. The highest BCUT2D eigenvalue weighted by Gasteiger charge is 2.79. The van der Waals surface area contributed by atoms with Crippen molar-refractivity contribution in [2.24, 2.45) is 17.8 Å². The van der Waals surface area contributed by atoms with Crippen molar-refractivity contribution in [1.82, 2.24) is 10.2 Å². The van der Waals surface area contributed by atoms with E-state index in [-0.39, 0.29) is 30.2 Å². The van der Waals surface area contributed by atoms with Crippen molar-refractivity contribution in [1.29, 1.82) is 0 Å². The highest BCUT2D eigenvalue weighted by Crippen LogP contribution is 2.65. The fraction of sp³-hybridized carbons (Fsp3) is 0.654. The summed E-state index contributed by atoms with van der Waals surface area (Å²) in [6, 6.07) is 4.53. The Balaban J connectivity index is 1.71. The molecule has 0 aromatic heterocycles. The summed E-state index contributed by atoms with van der Waals surface area (Å²) < 4.78 is 6.65. The number of para-hydroxylation sites is 1. The number of rotatable bonds is 9. The highest BCUT2D eigenvalue weighted by atomic mass is 35.5. The van der Waals surface area contributed by atoms with Crippen molar-refractivity contribution in [3.63, 3.8) is 0 Å². The number of benzene rings is 1. The minimum atomic E-state index is -1.08. The van der Waals surface area contributed by atoms with E-state index >= 15 is 0 Å². The first kappa shape index (κ1) is 25.9. The zero-order chi connectivity index (χ0) is 25.5. The second-order valence-electron chi connectivity index (χ2n) is 10.4. The van der Waals surface area contributed by atoms with Gasteiger partial charge in [0.2, 0.25) is 17.7 Å². The predicted molar refractivity (Wildman–Crippen MR) is 133 cm³/mol. The number of aryl methyl sites for hydroxylation is 1. The van der Waals surface area contributed by atoms with E-state index in [4.69, 9.17) is 21.4 Å². The van der Waals surface area contributed by atoms with Crippen LogP contribution in [0.2, 0.25) is 5.02 Å². The molecule has 1 aromatic carbocycles. The Bertz CT molecular complexity index is 998. The molecule has 3 N–H and O–H groups in total. The number of hydrogen-bond acceptors (Lipinski definition) is 5. The van der Waals surface area contributed by atoms with Crippen molar-refractivity contribution in [2.45, 2.75) is 70.1 Å². The Morgan fingerprint density at radius 1 is 1.23 bits per heavy atom. The summed E-state index contributed by atoms with van der Waals surface area (Å²) in [4.78, 5) is 42.5. The largest absolute Gasteiger partial charge is 0.396 e. The minimum absolute atomic E-state index is 0.00398. The van der Waals surface area contributed by atoms with E-state index in [0.29, 0.717) is 36.5 Å². The second-order valence-corrected chi connectivity index (χ2v) is 10.8. The number of nitrogens with one attached hydrogen (secondary N) is 2. The number of unbranched alkanes of at least 4 members (excludes halogenated alkanes) is 3. The zero-order valence-electron chi connectivity index (χ0n) is 20.9. The van der Waals surface area contributed by atoms with Gasteiger partial charge in [-0.25, -0.2) is 0 Å². The van der Waals surface area contributed by atoms with Crippen LogP contribution in [-0.4, -0.2) is 65.2 Å². The van der Waals surface area contributed by atoms with E-state index < -0.39 is 29.1 Å². The van der Waals surface area contributed by atoms with Crippen LogP contribution in [0.15, 0.2) is 18.2 Å². The molecule has 9 heteroatoms. The quantitative estimate of drug-likeness (QED) is 0.447.